The van der Waals surface area contributed by atoms with Crippen molar-refractivity contribution in [3.63, 3.8) is 0 Å². The first-order chi connectivity index (χ1) is 12.4. The first-order valence-electron chi connectivity index (χ1n) is 8.34. The topological polar surface area (TPSA) is 91.8 Å². The number of amides is 2. The molecule has 1 aromatic rings. The summed E-state index contributed by atoms with van der Waals surface area (Å²) in [4.78, 5) is 28.3. The van der Waals surface area contributed by atoms with Crippen molar-refractivity contribution in [1.29, 1.82) is 0 Å². The number of carboxylic acid groups (broad SMARTS) is 1. The number of aromatic nitrogens is 1. The second-order valence-corrected chi connectivity index (χ2v) is 7.34. The van der Waals surface area contributed by atoms with Crippen molar-refractivity contribution in [3.8, 4) is 5.88 Å². The molecular weight excluding hydrogens is 367 g/mol. The third-order valence-corrected chi connectivity index (χ3v) is 3.96. The number of alkyl halides is 3. The summed E-state index contributed by atoms with van der Waals surface area (Å²) in [6.45, 7) is 4.36. The maximum absolute atomic E-state index is 13.0. The molecule has 2 atom stereocenters. The highest BCUT2D eigenvalue weighted by atomic mass is 19.4. The van der Waals surface area contributed by atoms with Crippen molar-refractivity contribution >= 4 is 12.0 Å². The zero-order valence-corrected chi connectivity index (χ0v) is 15.2. The van der Waals surface area contributed by atoms with Gasteiger partial charge >= 0.3 is 18.2 Å². The molecule has 0 bridgehead atoms. The van der Waals surface area contributed by atoms with Crippen molar-refractivity contribution in [1.82, 2.24) is 15.2 Å². The number of nitrogens with zero attached hydrogens (tertiary/aromatic N) is 2. The lowest BCUT2D eigenvalue weighted by molar-refractivity contribution is -0.187. The average Bonchev–Trinajstić information content (AvgIpc) is 2.97. The van der Waals surface area contributed by atoms with Gasteiger partial charge in [-0.05, 0) is 26.8 Å². The van der Waals surface area contributed by atoms with Crippen LogP contribution < -0.4 is 10.1 Å². The number of carbonyl (C=O) groups excluding carboxylic acids is 1. The number of likely N-dealkylation sites (tertiary alicyclic amines) is 1. The van der Waals surface area contributed by atoms with Gasteiger partial charge in [-0.25, -0.2) is 9.78 Å². The van der Waals surface area contributed by atoms with Gasteiger partial charge in [0.1, 0.15) is 5.60 Å². The van der Waals surface area contributed by atoms with Gasteiger partial charge in [-0.1, -0.05) is 6.07 Å². The van der Waals surface area contributed by atoms with Gasteiger partial charge in [0.25, 0.3) is 0 Å². The van der Waals surface area contributed by atoms with E-state index in [4.69, 9.17) is 9.84 Å². The Kier molecular flexibility index (Phi) is 5.86. The number of carboxylic acids is 1. The summed E-state index contributed by atoms with van der Waals surface area (Å²) >= 11 is 0. The molecule has 0 saturated carbocycles. The fourth-order valence-electron chi connectivity index (χ4n) is 2.76. The van der Waals surface area contributed by atoms with E-state index in [1.165, 1.54) is 0 Å². The smallest absolute Gasteiger partial charge is 0.394 e. The quantitative estimate of drug-likeness (QED) is 0.826. The van der Waals surface area contributed by atoms with Crippen LogP contribution in [0.2, 0.25) is 0 Å². The van der Waals surface area contributed by atoms with Gasteiger partial charge in [0, 0.05) is 19.2 Å². The number of urea groups is 1. The lowest BCUT2D eigenvalue weighted by Gasteiger charge is -2.21. The molecule has 27 heavy (non-hydrogen) atoms. The van der Waals surface area contributed by atoms with Crippen molar-refractivity contribution in [2.24, 2.45) is 11.8 Å². The number of hydrogen-bond acceptors (Lipinski definition) is 4. The zero-order chi connectivity index (χ0) is 20.4. The van der Waals surface area contributed by atoms with Crippen LogP contribution in [-0.2, 0) is 11.3 Å². The Bertz CT molecular complexity index is 703. The molecular formula is C17H22F3N3O4. The minimum Gasteiger partial charge on any atom is -0.481 e. The number of halogens is 3. The van der Waals surface area contributed by atoms with Crippen LogP contribution in [0.15, 0.2) is 18.2 Å². The number of pyridine rings is 1. The van der Waals surface area contributed by atoms with E-state index in [1.54, 1.807) is 18.2 Å². The maximum atomic E-state index is 13.0. The predicted molar refractivity (Wildman–Crippen MR) is 89.1 cm³/mol. The minimum absolute atomic E-state index is 0.0227. The van der Waals surface area contributed by atoms with Gasteiger partial charge in [-0.3, -0.25) is 4.79 Å². The zero-order valence-electron chi connectivity index (χ0n) is 15.2. The summed E-state index contributed by atoms with van der Waals surface area (Å²) in [6, 6.07) is 4.21. The molecule has 7 nitrogen and oxygen atoms in total. The molecule has 0 aromatic carbocycles. The molecule has 0 unspecified atom stereocenters. The first kappa shape index (κ1) is 20.8. The van der Waals surface area contributed by atoms with E-state index < -0.39 is 48.7 Å². The van der Waals surface area contributed by atoms with E-state index >= 15 is 0 Å². The average molecular weight is 389 g/mol. The second-order valence-electron chi connectivity index (χ2n) is 7.34. The van der Waals surface area contributed by atoms with Gasteiger partial charge in [0.05, 0.1) is 24.1 Å². The van der Waals surface area contributed by atoms with Crippen molar-refractivity contribution < 1.29 is 32.6 Å². The van der Waals surface area contributed by atoms with Crippen molar-refractivity contribution in [2.45, 2.75) is 39.1 Å². The van der Waals surface area contributed by atoms with Crippen LogP contribution in [0.25, 0.3) is 0 Å². The summed E-state index contributed by atoms with van der Waals surface area (Å²) in [5.74, 6) is -4.96. The van der Waals surface area contributed by atoms with Gasteiger partial charge in [0.15, 0.2) is 0 Å². The summed E-state index contributed by atoms with van der Waals surface area (Å²) in [7, 11) is 0. The van der Waals surface area contributed by atoms with E-state index in [0.29, 0.717) is 11.6 Å². The fraction of sp³-hybridized carbons (Fsp3) is 0.588. The maximum Gasteiger partial charge on any atom is 0.394 e. The lowest BCUT2D eigenvalue weighted by Crippen LogP contribution is -2.39. The van der Waals surface area contributed by atoms with E-state index in [9.17, 15) is 22.8 Å². The Balaban J connectivity index is 1.98. The monoisotopic (exact) mass is 389 g/mol. The van der Waals surface area contributed by atoms with Gasteiger partial charge in [0.2, 0.25) is 5.88 Å². The summed E-state index contributed by atoms with van der Waals surface area (Å²) in [5, 5.41) is 11.5. The third kappa shape index (κ3) is 5.73. The summed E-state index contributed by atoms with van der Waals surface area (Å²) in [5.41, 5.74) is 0.00883. The van der Waals surface area contributed by atoms with E-state index in [-0.39, 0.29) is 6.54 Å². The number of carbonyl (C=O) groups is 2. The third-order valence-electron chi connectivity index (χ3n) is 3.96. The van der Waals surface area contributed by atoms with Gasteiger partial charge in [-0.15, -0.1) is 0 Å². The van der Waals surface area contributed by atoms with Crippen LogP contribution in [-0.4, -0.2) is 51.9 Å². The number of ether oxygens (including phenoxy) is 1. The largest absolute Gasteiger partial charge is 0.481 e. The fourth-order valence-corrected chi connectivity index (χ4v) is 2.76. The Morgan fingerprint density at radius 2 is 1.96 bits per heavy atom. The standard InChI is InChI=1S/C17H22F3N3O4/c1-16(2,3)27-13-6-4-5-10(22-13)7-21-15(26)23-8-11(14(24)25)12(9-23)17(18,19)20/h4-6,11-12H,7-9H2,1-3H3,(H,21,26)(H,24,25)/t11-,12-/m1/s1. The SMILES string of the molecule is CC(C)(C)Oc1cccc(CNC(=O)N2C[C@@H](C(F)(F)F)[C@H](C(=O)O)C2)n1. The highest BCUT2D eigenvalue weighted by molar-refractivity contribution is 5.77. The van der Waals surface area contributed by atoms with Crippen LogP contribution in [0.5, 0.6) is 5.88 Å². The molecule has 0 radical (unpaired) electrons. The molecule has 2 amide bonds. The first-order valence-corrected chi connectivity index (χ1v) is 8.34. The molecule has 0 aliphatic carbocycles. The highest BCUT2D eigenvalue weighted by Gasteiger charge is 2.53. The Hall–Kier alpha value is -2.52. The van der Waals surface area contributed by atoms with Crippen LogP contribution in [0.1, 0.15) is 26.5 Å². The molecule has 150 valence electrons. The van der Waals surface area contributed by atoms with Crippen LogP contribution in [0.3, 0.4) is 0 Å². The predicted octanol–water partition coefficient (Wildman–Crippen LogP) is 2.66. The van der Waals surface area contributed by atoms with Crippen LogP contribution in [0, 0.1) is 11.8 Å². The molecule has 0 spiro atoms. The number of nitrogens with one attached hydrogen (secondary N) is 1. The Morgan fingerprint density at radius 3 is 2.48 bits per heavy atom. The van der Waals surface area contributed by atoms with Gasteiger partial charge in [-0.2, -0.15) is 13.2 Å². The number of hydrogen-bond donors (Lipinski definition) is 2. The molecule has 2 rings (SSSR count). The Labute approximate surface area is 154 Å². The van der Waals surface area contributed by atoms with Crippen LogP contribution >= 0.6 is 0 Å². The molecule has 10 heteroatoms. The second kappa shape index (κ2) is 7.61. The lowest BCUT2D eigenvalue weighted by atomic mass is 9.96. The molecule has 1 aliphatic rings. The highest BCUT2D eigenvalue weighted by Crippen LogP contribution is 2.37. The van der Waals surface area contributed by atoms with Crippen LogP contribution in [0.4, 0.5) is 18.0 Å². The Morgan fingerprint density at radius 1 is 1.30 bits per heavy atom. The minimum atomic E-state index is -4.68. The van der Waals surface area contributed by atoms with E-state index in [2.05, 4.69) is 10.3 Å². The van der Waals surface area contributed by atoms with E-state index in [0.717, 1.165) is 4.90 Å². The normalized spacial score (nSPS) is 20.4. The summed E-state index contributed by atoms with van der Waals surface area (Å²) in [6.07, 6.45) is -4.68. The number of aliphatic carboxylic acids is 1. The van der Waals surface area contributed by atoms with E-state index in [1.807, 2.05) is 20.8 Å². The molecule has 2 heterocycles. The van der Waals surface area contributed by atoms with Crippen molar-refractivity contribution in [2.75, 3.05) is 13.1 Å². The molecule has 1 aromatic heterocycles. The van der Waals surface area contributed by atoms with Gasteiger partial charge < -0.3 is 20.1 Å². The van der Waals surface area contributed by atoms with Crippen molar-refractivity contribution in [3.05, 3.63) is 23.9 Å². The molecule has 1 fully saturated rings. The molecule has 1 saturated heterocycles. The summed E-state index contributed by atoms with van der Waals surface area (Å²) < 4.78 is 44.6. The number of rotatable bonds is 4. The molecule has 2 N–H and O–H groups in total. The molecule has 1 aliphatic heterocycles.